The fraction of sp³-hybridized carbons (Fsp3) is 0.0333. The van der Waals surface area contributed by atoms with Crippen LogP contribution in [0.25, 0.3) is 61.2 Å². The van der Waals surface area contributed by atoms with Gasteiger partial charge < -0.3 is 4.57 Å². The van der Waals surface area contributed by atoms with Gasteiger partial charge in [0.25, 0.3) is 0 Å². The summed E-state index contributed by atoms with van der Waals surface area (Å²) < 4.78 is 2.31. The van der Waals surface area contributed by atoms with E-state index in [0.29, 0.717) is 0 Å². The molecule has 0 aliphatic rings. The van der Waals surface area contributed by atoms with Crippen LogP contribution in [-0.2, 0) is 0 Å². The van der Waals surface area contributed by atoms with E-state index in [-0.39, 0.29) is 0 Å². The minimum absolute atomic E-state index is 1.05. The lowest BCUT2D eigenvalue weighted by Gasteiger charge is -2.12. The van der Waals surface area contributed by atoms with Crippen LogP contribution in [0.2, 0.25) is 0 Å². The van der Waals surface area contributed by atoms with E-state index in [1.165, 1.54) is 43.4 Å². The van der Waals surface area contributed by atoms with Gasteiger partial charge in [0.05, 0.1) is 16.7 Å². The highest BCUT2D eigenvalue weighted by Gasteiger charge is 2.18. The van der Waals surface area contributed by atoms with Crippen LogP contribution in [0.5, 0.6) is 0 Å². The second kappa shape index (κ2) is 7.21. The third kappa shape index (κ3) is 2.56. The smallest absolute Gasteiger partial charge is 0.0786 e. The normalized spacial score (nSPS) is 11.9. The van der Waals surface area contributed by atoms with E-state index in [0.717, 1.165) is 16.9 Å². The van der Waals surface area contributed by atoms with Crippen molar-refractivity contribution in [2.24, 2.45) is 0 Å². The Morgan fingerprint density at radius 1 is 0.750 bits per heavy atom. The summed E-state index contributed by atoms with van der Waals surface area (Å²) in [6.07, 6.45) is 8.13. The Labute approximate surface area is 186 Å². The number of fused-ring (bicyclic) bond motifs is 7. The predicted octanol–water partition coefficient (Wildman–Crippen LogP) is 8.16. The molecule has 0 bridgehead atoms. The maximum Gasteiger partial charge on any atom is 0.0786 e. The zero-order valence-electron chi connectivity index (χ0n) is 17.9. The second-order valence-electron chi connectivity index (χ2n) is 8.03. The molecule has 6 rings (SSSR count). The quantitative estimate of drug-likeness (QED) is 0.269. The molecule has 152 valence electrons. The summed E-state index contributed by atoms with van der Waals surface area (Å²) in [5.74, 6) is 0. The summed E-state index contributed by atoms with van der Waals surface area (Å²) >= 11 is 0. The molecule has 2 heteroatoms. The number of nitrogens with zero attached hydrogens (tertiary/aromatic N) is 2. The number of hydrogen-bond acceptors (Lipinski definition) is 1. The van der Waals surface area contributed by atoms with Crippen LogP contribution in [0.4, 0.5) is 0 Å². The summed E-state index contributed by atoms with van der Waals surface area (Å²) in [6, 6.07) is 28.0. The highest BCUT2D eigenvalue weighted by atomic mass is 15.0. The van der Waals surface area contributed by atoms with Gasteiger partial charge in [-0.2, -0.15) is 0 Å². The lowest BCUT2D eigenvalue weighted by molar-refractivity contribution is 1.11. The molecule has 0 aliphatic carbocycles. The van der Waals surface area contributed by atoms with E-state index in [2.05, 4.69) is 103 Å². The molecule has 4 aromatic carbocycles. The van der Waals surface area contributed by atoms with Gasteiger partial charge in [0.1, 0.15) is 0 Å². The Balaban J connectivity index is 1.90. The fourth-order valence-corrected chi connectivity index (χ4v) is 4.98. The molecular formula is C30H22N2. The summed E-state index contributed by atoms with van der Waals surface area (Å²) in [5.41, 5.74) is 5.65. The maximum absolute atomic E-state index is 4.75. The minimum atomic E-state index is 1.05. The summed E-state index contributed by atoms with van der Waals surface area (Å²) in [5, 5.41) is 7.29. The topological polar surface area (TPSA) is 17.8 Å². The van der Waals surface area contributed by atoms with Crippen LogP contribution in [0, 0.1) is 0 Å². The molecule has 2 aromatic heterocycles. The zero-order chi connectivity index (χ0) is 21.7. The number of benzene rings is 4. The number of para-hydroxylation sites is 1. The average molecular weight is 411 g/mol. The van der Waals surface area contributed by atoms with Gasteiger partial charge in [-0.3, -0.25) is 4.98 Å². The first-order valence-electron chi connectivity index (χ1n) is 10.9. The molecule has 0 unspecified atom stereocenters. The molecule has 2 nitrogen and oxygen atoms in total. The Morgan fingerprint density at radius 3 is 2.22 bits per heavy atom. The predicted molar refractivity (Wildman–Crippen MR) is 138 cm³/mol. The SMILES string of the molecule is C=Cc1c(/C=C\C)c2cc3c4ccccc4c4ncccc4c3cc2n1-c1ccccc1. The molecule has 0 radical (unpaired) electrons. The molecule has 0 aliphatic heterocycles. The Bertz CT molecular complexity index is 1690. The number of aromatic nitrogens is 2. The molecule has 2 heterocycles. The minimum Gasteiger partial charge on any atom is -0.309 e. The monoisotopic (exact) mass is 410 g/mol. The van der Waals surface area contributed by atoms with E-state index < -0.39 is 0 Å². The lowest BCUT2D eigenvalue weighted by Crippen LogP contribution is -1.96. The van der Waals surface area contributed by atoms with E-state index in [1.54, 1.807) is 0 Å². The molecule has 0 amide bonds. The Morgan fingerprint density at radius 2 is 1.44 bits per heavy atom. The van der Waals surface area contributed by atoms with E-state index >= 15 is 0 Å². The number of rotatable bonds is 3. The molecule has 0 spiro atoms. The number of allylic oxidation sites excluding steroid dienone is 1. The first kappa shape index (κ1) is 18.6. The van der Waals surface area contributed by atoms with Crippen molar-refractivity contribution in [3.8, 4) is 5.69 Å². The van der Waals surface area contributed by atoms with Crippen molar-refractivity contribution in [2.45, 2.75) is 6.92 Å². The summed E-state index contributed by atoms with van der Waals surface area (Å²) in [7, 11) is 0. The highest BCUT2D eigenvalue weighted by molar-refractivity contribution is 6.26. The third-order valence-corrected chi connectivity index (χ3v) is 6.30. The van der Waals surface area contributed by atoms with Crippen molar-refractivity contribution >= 4 is 55.5 Å². The van der Waals surface area contributed by atoms with Crippen LogP contribution >= 0.6 is 0 Å². The maximum atomic E-state index is 4.75. The zero-order valence-corrected chi connectivity index (χ0v) is 17.9. The molecule has 0 saturated carbocycles. The first-order chi connectivity index (χ1) is 15.8. The summed E-state index contributed by atoms with van der Waals surface area (Å²) in [6.45, 7) is 6.22. The van der Waals surface area contributed by atoms with E-state index in [1.807, 2.05) is 18.3 Å². The third-order valence-electron chi connectivity index (χ3n) is 6.30. The molecule has 0 saturated heterocycles. The van der Waals surface area contributed by atoms with Crippen molar-refractivity contribution in [1.82, 2.24) is 9.55 Å². The molecule has 0 N–H and O–H groups in total. The molecule has 32 heavy (non-hydrogen) atoms. The molecule has 0 atom stereocenters. The first-order valence-corrected chi connectivity index (χ1v) is 10.9. The van der Waals surface area contributed by atoms with Crippen molar-refractivity contribution in [1.29, 1.82) is 0 Å². The largest absolute Gasteiger partial charge is 0.309 e. The molecular weight excluding hydrogens is 388 g/mol. The van der Waals surface area contributed by atoms with Gasteiger partial charge in [-0.15, -0.1) is 0 Å². The van der Waals surface area contributed by atoms with Crippen molar-refractivity contribution in [3.05, 3.63) is 109 Å². The number of hydrogen-bond donors (Lipinski definition) is 0. The average Bonchev–Trinajstić information content (AvgIpc) is 3.16. The van der Waals surface area contributed by atoms with E-state index in [9.17, 15) is 0 Å². The highest BCUT2D eigenvalue weighted by Crippen LogP contribution is 2.40. The fourth-order valence-electron chi connectivity index (χ4n) is 4.98. The Hall–Kier alpha value is -4.17. The van der Waals surface area contributed by atoms with Gasteiger partial charge in [-0.05, 0) is 59.5 Å². The van der Waals surface area contributed by atoms with Crippen LogP contribution < -0.4 is 0 Å². The summed E-state index contributed by atoms with van der Waals surface area (Å²) in [4.78, 5) is 4.75. The van der Waals surface area contributed by atoms with E-state index in [4.69, 9.17) is 4.98 Å². The number of pyridine rings is 1. The van der Waals surface area contributed by atoms with Crippen molar-refractivity contribution < 1.29 is 0 Å². The van der Waals surface area contributed by atoms with Crippen LogP contribution in [0.3, 0.4) is 0 Å². The lowest BCUT2D eigenvalue weighted by atomic mass is 9.95. The van der Waals surface area contributed by atoms with Gasteiger partial charge in [0.2, 0.25) is 0 Å². The van der Waals surface area contributed by atoms with Crippen LogP contribution in [0.15, 0.2) is 97.7 Å². The molecule has 0 fully saturated rings. The standard InChI is InChI=1S/C30H22N2/c1-3-11-22-27-18-25-21-14-8-9-15-23(21)30-24(16-10-17-31-30)26(25)19-29(27)32(28(22)4-2)20-12-6-5-7-13-20/h3-19H,2H2,1H3/b11-3-. The Kier molecular flexibility index (Phi) is 4.19. The van der Waals surface area contributed by atoms with Gasteiger partial charge in [0, 0.05) is 33.6 Å². The van der Waals surface area contributed by atoms with Gasteiger partial charge >= 0.3 is 0 Å². The van der Waals surface area contributed by atoms with Gasteiger partial charge in [-0.1, -0.05) is 67.3 Å². The second-order valence-corrected chi connectivity index (χ2v) is 8.03. The molecule has 6 aromatic rings. The van der Waals surface area contributed by atoms with Crippen molar-refractivity contribution in [3.63, 3.8) is 0 Å². The van der Waals surface area contributed by atoms with Crippen LogP contribution in [0.1, 0.15) is 18.2 Å². The van der Waals surface area contributed by atoms with Crippen molar-refractivity contribution in [2.75, 3.05) is 0 Å². The van der Waals surface area contributed by atoms with Gasteiger partial charge in [-0.25, -0.2) is 0 Å². The van der Waals surface area contributed by atoms with Crippen LogP contribution in [-0.4, -0.2) is 9.55 Å². The van der Waals surface area contributed by atoms with Gasteiger partial charge in [0.15, 0.2) is 0 Å².